The number of nitrogens with one attached hydrogen (secondary N) is 1. The number of fused-ring (bicyclic) bond motifs is 1. The molecule has 0 aliphatic rings. The number of rotatable bonds is 8. The first kappa shape index (κ1) is 22.1. The minimum atomic E-state index is 0. The number of methoxy groups -OCH3 is 1. The zero-order chi connectivity index (χ0) is 16.8. The van der Waals surface area contributed by atoms with Crippen molar-refractivity contribution in [3.8, 4) is 0 Å². The van der Waals surface area contributed by atoms with Crippen LogP contribution in [0, 0.1) is 0 Å². The molecule has 1 aromatic carbocycles. The number of para-hydroxylation sites is 1. The predicted molar refractivity (Wildman–Crippen MR) is 108 cm³/mol. The Labute approximate surface area is 165 Å². The quantitative estimate of drug-likeness (QED) is 0.605. The number of benzene rings is 1. The van der Waals surface area contributed by atoms with E-state index < -0.39 is 0 Å². The van der Waals surface area contributed by atoms with E-state index >= 15 is 0 Å². The van der Waals surface area contributed by atoms with Crippen molar-refractivity contribution >= 4 is 41.5 Å². The van der Waals surface area contributed by atoms with Gasteiger partial charge < -0.3 is 20.4 Å². The van der Waals surface area contributed by atoms with Gasteiger partial charge in [0.25, 0.3) is 0 Å². The van der Waals surface area contributed by atoms with Crippen molar-refractivity contribution in [1.82, 2.24) is 19.5 Å². The van der Waals surface area contributed by atoms with Crippen LogP contribution < -0.4 is 11.1 Å². The third-order valence-electron chi connectivity index (χ3n) is 3.79. The molecule has 0 aliphatic carbocycles. The third kappa shape index (κ3) is 5.28. The molecule has 0 spiro atoms. The number of aromatic nitrogens is 4. The Morgan fingerprint density at radius 1 is 1.19 bits per heavy atom. The molecule has 3 aromatic rings. The Morgan fingerprint density at radius 3 is 2.77 bits per heavy atom. The first-order chi connectivity index (χ1) is 11.8. The fourth-order valence-electron chi connectivity index (χ4n) is 2.56. The predicted octanol–water partition coefficient (Wildman–Crippen LogP) is 2.43. The standard InChI is InChI=1S/C17H22N6O.2ClH/c1-24-9-8-23-12-19-10-13(23)11-20-17-14-4-2-3-5-15(14)21-16(22-17)6-7-18;;/h2-5,10,12H,6-9,11,18H2,1H3,(H,20,21,22);2*1H. The molecule has 0 bridgehead atoms. The SMILES string of the molecule is COCCn1cncc1CNc1nc(CCN)nc2ccccc12.Cl.Cl. The van der Waals surface area contributed by atoms with Crippen molar-refractivity contribution in [2.24, 2.45) is 5.73 Å². The van der Waals surface area contributed by atoms with Crippen LogP contribution >= 0.6 is 24.8 Å². The fraction of sp³-hybridized carbons (Fsp3) is 0.353. The van der Waals surface area contributed by atoms with E-state index in [2.05, 4.69) is 24.8 Å². The van der Waals surface area contributed by atoms with E-state index in [0.717, 1.165) is 34.8 Å². The average molecular weight is 399 g/mol. The molecule has 2 aromatic heterocycles. The van der Waals surface area contributed by atoms with Gasteiger partial charge in [-0.3, -0.25) is 0 Å². The van der Waals surface area contributed by atoms with Gasteiger partial charge in [-0.15, -0.1) is 24.8 Å². The first-order valence-corrected chi connectivity index (χ1v) is 7.99. The smallest absolute Gasteiger partial charge is 0.137 e. The van der Waals surface area contributed by atoms with Crippen LogP contribution in [0.5, 0.6) is 0 Å². The molecule has 3 N–H and O–H groups in total. The monoisotopic (exact) mass is 398 g/mol. The number of anilines is 1. The summed E-state index contributed by atoms with van der Waals surface area (Å²) in [6.07, 6.45) is 4.33. The van der Waals surface area contributed by atoms with Crippen molar-refractivity contribution in [1.29, 1.82) is 0 Å². The minimum Gasteiger partial charge on any atom is -0.383 e. The molecule has 26 heavy (non-hydrogen) atoms. The van der Waals surface area contributed by atoms with Gasteiger partial charge in [-0.25, -0.2) is 15.0 Å². The average Bonchev–Trinajstić information content (AvgIpc) is 3.05. The van der Waals surface area contributed by atoms with Crippen LogP contribution in [0.25, 0.3) is 10.9 Å². The minimum absolute atomic E-state index is 0. The van der Waals surface area contributed by atoms with Gasteiger partial charge in [0.2, 0.25) is 0 Å². The highest BCUT2D eigenvalue weighted by molar-refractivity contribution is 5.89. The molecule has 142 valence electrons. The van der Waals surface area contributed by atoms with Crippen LogP contribution in [0.3, 0.4) is 0 Å². The molecule has 0 radical (unpaired) electrons. The molecular formula is C17H24Cl2N6O. The van der Waals surface area contributed by atoms with Gasteiger partial charge in [-0.05, 0) is 18.7 Å². The van der Waals surface area contributed by atoms with E-state index in [0.29, 0.717) is 26.1 Å². The normalized spacial score (nSPS) is 10.2. The topological polar surface area (TPSA) is 90.9 Å². The van der Waals surface area contributed by atoms with E-state index in [1.165, 1.54) is 0 Å². The molecule has 0 amide bonds. The van der Waals surface area contributed by atoms with Crippen molar-refractivity contribution in [2.45, 2.75) is 19.5 Å². The Balaban J connectivity index is 0.00000169. The number of nitrogens with two attached hydrogens (primary N) is 1. The zero-order valence-electron chi connectivity index (χ0n) is 14.6. The summed E-state index contributed by atoms with van der Waals surface area (Å²) in [5.74, 6) is 1.58. The summed E-state index contributed by atoms with van der Waals surface area (Å²) in [7, 11) is 1.70. The molecule has 0 fully saturated rings. The van der Waals surface area contributed by atoms with E-state index in [1.807, 2.05) is 36.8 Å². The lowest BCUT2D eigenvalue weighted by Gasteiger charge is -2.12. The first-order valence-electron chi connectivity index (χ1n) is 7.99. The van der Waals surface area contributed by atoms with Crippen molar-refractivity contribution in [3.63, 3.8) is 0 Å². The van der Waals surface area contributed by atoms with Crippen LogP contribution in [0.1, 0.15) is 11.5 Å². The molecule has 9 heteroatoms. The second-order valence-corrected chi connectivity index (χ2v) is 5.47. The number of hydrogen-bond donors (Lipinski definition) is 2. The molecule has 0 atom stereocenters. The maximum Gasteiger partial charge on any atom is 0.137 e. The molecule has 0 unspecified atom stereocenters. The maximum absolute atomic E-state index is 5.65. The van der Waals surface area contributed by atoms with Crippen molar-refractivity contribution in [2.75, 3.05) is 25.6 Å². The Morgan fingerprint density at radius 2 is 2.00 bits per heavy atom. The van der Waals surface area contributed by atoms with Gasteiger partial charge >= 0.3 is 0 Å². The van der Waals surface area contributed by atoms with E-state index in [9.17, 15) is 0 Å². The fourth-order valence-corrected chi connectivity index (χ4v) is 2.56. The number of halogens is 2. The largest absolute Gasteiger partial charge is 0.383 e. The molecule has 0 saturated carbocycles. The van der Waals surface area contributed by atoms with E-state index in [-0.39, 0.29) is 24.8 Å². The Kier molecular flexibility index (Phi) is 9.29. The number of ether oxygens (including phenoxy) is 1. The second kappa shape index (κ2) is 10.9. The maximum atomic E-state index is 5.65. The Hall–Kier alpha value is -1.93. The van der Waals surface area contributed by atoms with Gasteiger partial charge in [0.05, 0.1) is 30.7 Å². The highest BCUT2D eigenvalue weighted by Gasteiger charge is 2.08. The van der Waals surface area contributed by atoms with Crippen molar-refractivity contribution < 1.29 is 4.74 Å². The summed E-state index contributed by atoms with van der Waals surface area (Å²) >= 11 is 0. The lowest BCUT2D eigenvalue weighted by atomic mass is 10.2. The van der Waals surface area contributed by atoms with Crippen LogP contribution in [0.4, 0.5) is 5.82 Å². The van der Waals surface area contributed by atoms with Crippen LogP contribution in [0.2, 0.25) is 0 Å². The van der Waals surface area contributed by atoms with Gasteiger partial charge in [0.15, 0.2) is 0 Å². The van der Waals surface area contributed by atoms with Crippen LogP contribution in [0.15, 0.2) is 36.8 Å². The number of imidazole rings is 1. The molecule has 0 aliphatic heterocycles. The van der Waals surface area contributed by atoms with Crippen LogP contribution in [-0.4, -0.2) is 39.8 Å². The summed E-state index contributed by atoms with van der Waals surface area (Å²) in [6, 6.07) is 7.98. The Bertz CT molecular complexity index is 811. The molecule has 7 nitrogen and oxygen atoms in total. The van der Waals surface area contributed by atoms with E-state index in [1.54, 1.807) is 7.11 Å². The molecule has 0 saturated heterocycles. The van der Waals surface area contributed by atoms with Gasteiger partial charge in [0.1, 0.15) is 11.6 Å². The van der Waals surface area contributed by atoms with Crippen LogP contribution in [-0.2, 0) is 24.2 Å². The summed E-state index contributed by atoms with van der Waals surface area (Å²) in [4.78, 5) is 13.4. The van der Waals surface area contributed by atoms with Gasteiger partial charge in [-0.2, -0.15) is 0 Å². The lowest BCUT2D eigenvalue weighted by Crippen LogP contribution is -2.12. The van der Waals surface area contributed by atoms with E-state index in [4.69, 9.17) is 10.5 Å². The van der Waals surface area contributed by atoms with Gasteiger partial charge in [-0.1, -0.05) is 12.1 Å². The zero-order valence-corrected chi connectivity index (χ0v) is 16.2. The third-order valence-corrected chi connectivity index (χ3v) is 3.79. The number of nitrogens with zero attached hydrogens (tertiary/aromatic N) is 4. The second-order valence-electron chi connectivity index (χ2n) is 5.47. The van der Waals surface area contributed by atoms with Crippen molar-refractivity contribution in [3.05, 3.63) is 48.3 Å². The lowest BCUT2D eigenvalue weighted by molar-refractivity contribution is 0.186. The molecule has 2 heterocycles. The molecular weight excluding hydrogens is 375 g/mol. The summed E-state index contributed by atoms with van der Waals surface area (Å²) in [5.41, 5.74) is 7.65. The molecule has 3 rings (SSSR count). The summed E-state index contributed by atoms with van der Waals surface area (Å²) < 4.78 is 7.20. The summed E-state index contributed by atoms with van der Waals surface area (Å²) in [6.45, 7) is 2.59. The summed E-state index contributed by atoms with van der Waals surface area (Å²) in [5, 5.41) is 4.41. The highest BCUT2D eigenvalue weighted by Crippen LogP contribution is 2.20. The van der Waals surface area contributed by atoms with Gasteiger partial charge in [0, 0.05) is 31.7 Å². The highest BCUT2D eigenvalue weighted by atomic mass is 35.5. The number of hydrogen-bond acceptors (Lipinski definition) is 6.